The van der Waals surface area contributed by atoms with Crippen molar-refractivity contribution in [1.29, 1.82) is 0 Å². The highest BCUT2D eigenvalue weighted by atomic mass is 16.3. The SMILES string of the molecule is C#CCC(C)(O)CCC=C. The second kappa shape index (κ2) is 4.14. The first kappa shape index (κ1) is 9.26. The maximum absolute atomic E-state index is 9.46. The van der Waals surface area contributed by atoms with Crippen LogP contribution < -0.4 is 0 Å². The van der Waals surface area contributed by atoms with E-state index in [0.29, 0.717) is 12.8 Å². The average Bonchev–Trinajstić information content (AvgIpc) is 1.84. The molecule has 0 aromatic heterocycles. The number of hydrogen-bond acceptors (Lipinski definition) is 1. The van der Waals surface area contributed by atoms with Gasteiger partial charge in [0.1, 0.15) is 0 Å². The van der Waals surface area contributed by atoms with Crippen molar-refractivity contribution in [2.24, 2.45) is 0 Å². The average molecular weight is 138 g/mol. The minimum absolute atomic E-state index is 0.417. The Morgan fingerprint density at radius 3 is 2.80 bits per heavy atom. The highest BCUT2D eigenvalue weighted by Crippen LogP contribution is 2.15. The number of terminal acetylenes is 1. The number of allylic oxidation sites excluding steroid dienone is 1. The molecule has 0 saturated heterocycles. The van der Waals surface area contributed by atoms with Gasteiger partial charge < -0.3 is 5.11 Å². The maximum Gasteiger partial charge on any atom is 0.0731 e. The number of aliphatic hydroxyl groups is 1. The molecule has 0 fully saturated rings. The van der Waals surface area contributed by atoms with Crippen LogP contribution in [0.3, 0.4) is 0 Å². The molecular formula is C9H14O. The van der Waals surface area contributed by atoms with Gasteiger partial charge in [0.15, 0.2) is 0 Å². The van der Waals surface area contributed by atoms with Gasteiger partial charge in [-0.15, -0.1) is 18.9 Å². The molecule has 1 nitrogen and oxygen atoms in total. The molecule has 0 aliphatic carbocycles. The third kappa shape index (κ3) is 4.17. The van der Waals surface area contributed by atoms with Gasteiger partial charge in [0, 0.05) is 6.42 Å². The minimum Gasteiger partial charge on any atom is -0.389 e. The molecule has 0 heterocycles. The largest absolute Gasteiger partial charge is 0.389 e. The van der Waals surface area contributed by atoms with E-state index in [1.54, 1.807) is 13.0 Å². The van der Waals surface area contributed by atoms with E-state index in [0.717, 1.165) is 6.42 Å². The van der Waals surface area contributed by atoms with Crippen LogP contribution in [0, 0.1) is 12.3 Å². The zero-order valence-electron chi connectivity index (χ0n) is 6.43. The van der Waals surface area contributed by atoms with Crippen LogP contribution in [0.1, 0.15) is 26.2 Å². The van der Waals surface area contributed by atoms with Crippen molar-refractivity contribution < 1.29 is 5.11 Å². The molecule has 1 heteroatoms. The quantitative estimate of drug-likeness (QED) is 0.463. The normalized spacial score (nSPS) is 15.3. The molecule has 56 valence electrons. The van der Waals surface area contributed by atoms with Crippen LogP contribution in [0.4, 0.5) is 0 Å². The van der Waals surface area contributed by atoms with Crippen molar-refractivity contribution in [3.05, 3.63) is 12.7 Å². The summed E-state index contributed by atoms with van der Waals surface area (Å²) in [6.45, 7) is 5.31. The summed E-state index contributed by atoms with van der Waals surface area (Å²) in [5.41, 5.74) is -0.705. The van der Waals surface area contributed by atoms with E-state index in [1.165, 1.54) is 0 Å². The molecule has 0 amide bonds. The Morgan fingerprint density at radius 2 is 2.40 bits per heavy atom. The second-order valence-electron chi connectivity index (χ2n) is 2.71. The van der Waals surface area contributed by atoms with Crippen LogP contribution in [0.15, 0.2) is 12.7 Å². The lowest BCUT2D eigenvalue weighted by Crippen LogP contribution is -2.22. The Bertz CT molecular complexity index is 139. The van der Waals surface area contributed by atoms with Crippen molar-refractivity contribution in [1.82, 2.24) is 0 Å². The van der Waals surface area contributed by atoms with Crippen LogP contribution in [-0.2, 0) is 0 Å². The summed E-state index contributed by atoms with van der Waals surface area (Å²) in [6, 6.07) is 0. The molecule has 1 unspecified atom stereocenters. The van der Waals surface area contributed by atoms with E-state index < -0.39 is 5.60 Å². The lowest BCUT2D eigenvalue weighted by Gasteiger charge is -2.18. The molecule has 0 rings (SSSR count). The molecular weight excluding hydrogens is 124 g/mol. The Morgan fingerprint density at radius 1 is 1.80 bits per heavy atom. The summed E-state index contributed by atoms with van der Waals surface area (Å²) >= 11 is 0. The van der Waals surface area contributed by atoms with Gasteiger partial charge >= 0.3 is 0 Å². The van der Waals surface area contributed by atoms with E-state index >= 15 is 0 Å². The smallest absolute Gasteiger partial charge is 0.0731 e. The van der Waals surface area contributed by atoms with Crippen molar-refractivity contribution in [2.75, 3.05) is 0 Å². The number of rotatable bonds is 4. The summed E-state index contributed by atoms with van der Waals surface area (Å²) < 4.78 is 0. The topological polar surface area (TPSA) is 20.2 Å². The van der Waals surface area contributed by atoms with E-state index in [2.05, 4.69) is 12.5 Å². The molecule has 0 saturated carbocycles. The molecule has 0 aromatic carbocycles. The first-order valence-corrected chi connectivity index (χ1v) is 3.39. The summed E-state index contributed by atoms with van der Waals surface area (Å²) in [4.78, 5) is 0. The van der Waals surface area contributed by atoms with Crippen LogP contribution in [0.5, 0.6) is 0 Å². The molecule has 10 heavy (non-hydrogen) atoms. The monoisotopic (exact) mass is 138 g/mol. The van der Waals surface area contributed by atoms with Gasteiger partial charge in [0.2, 0.25) is 0 Å². The van der Waals surface area contributed by atoms with E-state index in [1.807, 2.05) is 0 Å². The Labute approximate surface area is 62.8 Å². The van der Waals surface area contributed by atoms with Gasteiger partial charge in [0.05, 0.1) is 5.60 Å². The fourth-order valence-electron chi connectivity index (χ4n) is 0.721. The third-order valence-corrected chi connectivity index (χ3v) is 1.37. The van der Waals surface area contributed by atoms with Crippen LogP contribution in [-0.4, -0.2) is 10.7 Å². The Kier molecular flexibility index (Phi) is 3.83. The van der Waals surface area contributed by atoms with E-state index in [4.69, 9.17) is 6.42 Å². The van der Waals surface area contributed by atoms with Gasteiger partial charge in [0.25, 0.3) is 0 Å². The van der Waals surface area contributed by atoms with Gasteiger partial charge in [-0.2, -0.15) is 0 Å². The standard InChI is InChI=1S/C9H14O/c1-4-6-8-9(3,10)7-5-2/h2,4,10H,1,6-8H2,3H3. The molecule has 0 aliphatic heterocycles. The van der Waals surface area contributed by atoms with Crippen LogP contribution in [0.2, 0.25) is 0 Å². The lowest BCUT2D eigenvalue weighted by molar-refractivity contribution is 0.0574. The first-order chi connectivity index (χ1) is 4.62. The zero-order valence-corrected chi connectivity index (χ0v) is 6.43. The third-order valence-electron chi connectivity index (χ3n) is 1.37. The van der Waals surface area contributed by atoms with Crippen LogP contribution >= 0.6 is 0 Å². The zero-order chi connectivity index (χ0) is 8.04. The van der Waals surface area contributed by atoms with E-state index in [9.17, 15) is 5.11 Å². The van der Waals surface area contributed by atoms with Crippen molar-refractivity contribution >= 4 is 0 Å². The maximum atomic E-state index is 9.46. The lowest BCUT2D eigenvalue weighted by atomic mass is 9.97. The summed E-state index contributed by atoms with van der Waals surface area (Å²) in [7, 11) is 0. The van der Waals surface area contributed by atoms with Crippen LogP contribution in [0.25, 0.3) is 0 Å². The molecule has 0 spiro atoms. The highest BCUT2D eigenvalue weighted by Gasteiger charge is 2.16. The fourth-order valence-corrected chi connectivity index (χ4v) is 0.721. The molecule has 1 N–H and O–H groups in total. The predicted molar refractivity (Wildman–Crippen MR) is 43.5 cm³/mol. The fraction of sp³-hybridized carbons (Fsp3) is 0.556. The number of hydrogen-bond donors (Lipinski definition) is 1. The van der Waals surface area contributed by atoms with Gasteiger partial charge in [-0.1, -0.05) is 6.08 Å². The summed E-state index contributed by atoms with van der Waals surface area (Å²) in [5.74, 6) is 2.43. The molecule has 0 radical (unpaired) electrons. The van der Waals surface area contributed by atoms with Crippen molar-refractivity contribution in [3.8, 4) is 12.3 Å². The van der Waals surface area contributed by atoms with Crippen molar-refractivity contribution in [2.45, 2.75) is 31.8 Å². The Hall–Kier alpha value is -0.740. The van der Waals surface area contributed by atoms with Gasteiger partial charge in [-0.05, 0) is 19.8 Å². The molecule has 0 aromatic rings. The van der Waals surface area contributed by atoms with E-state index in [-0.39, 0.29) is 0 Å². The highest BCUT2D eigenvalue weighted by molar-refractivity contribution is 4.93. The molecule has 1 atom stereocenters. The van der Waals surface area contributed by atoms with Gasteiger partial charge in [-0.3, -0.25) is 0 Å². The summed E-state index contributed by atoms with van der Waals surface area (Å²) in [6.07, 6.45) is 8.76. The van der Waals surface area contributed by atoms with Crippen molar-refractivity contribution in [3.63, 3.8) is 0 Å². The minimum atomic E-state index is -0.705. The van der Waals surface area contributed by atoms with Gasteiger partial charge in [-0.25, -0.2) is 0 Å². The molecule has 0 aliphatic rings. The summed E-state index contributed by atoms with van der Waals surface area (Å²) in [5, 5.41) is 9.46. The first-order valence-electron chi connectivity index (χ1n) is 3.39. The second-order valence-corrected chi connectivity index (χ2v) is 2.71. The predicted octanol–water partition coefficient (Wildman–Crippen LogP) is 1.73. The Balaban J connectivity index is 3.64. The molecule has 0 bridgehead atoms.